The smallest absolute Gasteiger partial charge is 0.384 e. The summed E-state index contributed by atoms with van der Waals surface area (Å²) >= 11 is 0. The summed E-state index contributed by atoms with van der Waals surface area (Å²) in [5, 5.41) is 8.62. The zero-order valence-electron chi connectivity index (χ0n) is 6.13. The van der Waals surface area contributed by atoms with Crippen molar-refractivity contribution in [3.8, 4) is 0 Å². The molecular formula is C6H7F3O3. The number of carbonyl (C=O) groups is 2. The molecule has 0 fully saturated rings. The average molecular weight is 184 g/mol. The number of Topliss-reactive ketones (excluding diaryl/α,β-unsaturated/α-hetero) is 1. The number of aliphatic hydroxyl groups excluding tert-OH is 1. The SMILES string of the molecule is CC(C=O)C(O)C(=O)C(F)(F)F. The first-order chi connectivity index (χ1) is 5.30. The summed E-state index contributed by atoms with van der Waals surface area (Å²) in [6, 6.07) is 0. The highest BCUT2D eigenvalue weighted by Crippen LogP contribution is 2.20. The predicted molar refractivity (Wildman–Crippen MR) is 32.3 cm³/mol. The van der Waals surface area contributed by atoms with E-state index in [2.05, 4.69) is 0 Å². The van der Waals surface area contributed by atoms with Gasteiger partial charge in [0.15, 0.2) is 0 Å². The highest BCUT2D eigenvalue weighted by atomic mass is 19.4. The molecule has 0 spiro atoms. The van der Waals surface area contributed by atoms with Crippen LogP contribution in [0.4, 0.5) is 13.2 Å². The topological polar surface area (TPSA) is 54.4 Å². The molecule has 0 aromatic heterocycles. The number of halogens is 3. The largest absolute Gasteiger partial charge is 0.452 e. The van der Waals surface area contributed by atoms with E-state index < -0.39 is 24.0 Å². The van der Waals surface area contributed by atoms with Gasteiger partial charge in [0.1, 0.15) is 12.4 Å². The maximum absolute atomic E-state index is 11.6. The third-order valence-electron chi connectivity index (χ3n) is 1.26. The van der Waals surface area contributed by atoms with Crippen molar-refractivity contribution >= 4 is 12.1 Å². The summed E-state index contributed by atoms with van der Waals surface area (Å²) in [4.78, 5) is 20.1. The van der Waals surface area contributed by atoms with Gasteiger partial charge in [0.05, 0.1) is 0 Å². The normalized spacial score (nSPS) is 16.8. The van der Waals surface area contributed by atoms with E-state index in [0.29, 0.717) is 0 Å². The van der Waals surface area contributed by atoms with Gasteiger partial charge in [0.25, 0.3) is 5.78 Å². The second-order valence-corrected chi connectivity index (χ2v) is 2.30. The first-order valence-electron chi connectivity index (χ1n) is 3.05. The quantitative estimate of drug-likeness (QED) is 0.642. The lowest BCUT2D eigenvalue weighted by Crippen LogP contribution is -2.38. The van der Waals surface area contributed by atoms with Gasteiger partial charge in [0, 0.05) is 5.92 Å². The summed E-state index contributed by atoms with van der Waals surface area (Å²) in [5.41, 5.74) is 0. The molecule has 0 aromatic rings. The van der Waals surface area contributed by atoms with E-state index in [1.54, 1.807) is 0 Å². The lowest BCUT2D eigenvalue weighted by molar-refractivity contribution is -0.181. The van der Waals surface area contributed by atoms with Gasteiger partial charge in [-0.1, -0.05) is 6.92 Å². The van der Waals surface area contributed by atoms with Crippen molar-refractivity contribution in [2.75, 3.05) is 0 Å². The highest BCUT2D eigenvalue weighted by Gasteiger charge is 2.44. The molecule has 70 valence electrons. The van der Waals surface area contributed by atoms with Crippen LogP contribution in [0.5, 0.6) is 0 Å². The fourth-order valence-electron chi connectivity index (χ4n) is 0.481. The van der Waals surface area contributed by atoms with Crippen molar-refractivity contribution in [2.24, 2.45) is 5.92 Å². The molecule has 0 aromatic carbocycles. The number of ketones is 1. The second kappa shape index (κ2) is 3.66. The summed E-state index contributed by atoms with van der Waals surface area (Å²) in [7, 11) is 0. The number of aldehydes is 1. The molecule has 0 saturated heterocycles. The van der Waals surface area contributed by atoms with Gasteiger partial charge in [-0.25, -0.2) is 0 Å². The Morgan fingerprint density at radius 2 is 1.92 bits per heavy atom. The Kier molecular flexibility index (Phi) is 3.38. The van der Waals surface area contributed by atoms with E-state index >= 15 is 0 Å². The van der Waals surface area contributed by atoms with Crippen LogP contribution < -0.4 is 0 Å². The van der Waals surface area contributed by atoms with Gasteiger partial charge >= 0.3 is 6.18 Å². The van der Waals surface area contributed by atoms with E-state index in [1.165, 1.54) is 0 Å². The standard InChI is InChI=1S/C6H7F3O3/c1-3(2-10)4(11)5(12)6(7,8)9/h2-4,11H,1H3. The number of rotatable bonds is 3. The van der Waals surface area contributed by atoms with Crippen molar-refractivity contribution in [1.29, 1.82) is 0 Å². The molecule has 0 saturated carbocycles. The minimum atomic E-state index is -5.09. The molecule has 0 amide bonds. The van der Waals surface area contributed by atoms with E-state index in [-0.39, 0.29) is 6.29 Å². The maximum atomic E-state index is 11.6. The van der Waals surface area contributed by atoms with Crippen LogP contribution >= 0.6 is 0 Å². The van der Waals surface area contributed by atoms with Crippen molar-refractivity contribution in [3.63, 3.8) is 0 Å². The Labute approximate surface area is 66.2 Å². The fraction of sp³-hybridized carbons (Fsp3) is 0.667. The maximum Gasteiger partial charge on any atom is 0.452 e. The molecule has 0 aliphatic carbocycles. The van der Waals surface area contributed by atoms with E-state index in [9.17, 15) is 22.8 Å². The summed E-state index contributed by atoms with van der Waals surface area (Å²) in [6.45, 7) is 1.03. The molecule has 0 radical (unpaired) electrons. The minimum absolute atomic E-state index is 0.0916. The molecule has 2 unspecified atom stereocenters. The van der Waals surface area contributed by atoms with Gasteiger partial charge < -0.3 is 9.90 Å². The number of alkyl halides is 3. The lowest BCUT2D eigenvalue weighted by atomic mass is 10.0. The minimum Gasteiger partial charge on any atom is -0.384 e. The molecule has 0 aliphatic heterocycles. The van der Waals surface area contributed by atoms with Crippen LogP contribution in [0.2, 0.25) is 0 Å². The fourth-order valence-corrected chi connectivity index (χ4v) is 0.481. The molecule has 3 nitrogen and oxygen atoms in total. The first kappa shape index (κ1) is 11.1. The number of carbonyl (C=O) groups excluding carboxylic acids is 2. The third kappa shape index (κ3) is 2.61. The first-order valence-corrected chi connectivity index (χ1v) is 3.05. The zero-order chi connectivity index (χ0) is 9.94. The summed E-state index contributed by atoms with van der Waals surface area (Å²) < 4.78 is 34.7. The zero-order valence-corrected chi connectivity index (χ0v) is 6.13. The van der Waals surface area contributed by atoms with Crippen molar-refractivity contribution in [2.45, 2.75) is 19.2 Å². The second-order valence-electron chi connectivity index (χ2n) is 2.30. The number of hydrogen-bond acceptors (Lipinski definition) is 3. The molecule has 12 heavy (non-hydrogen) atoms. The van der Waals surface area contributed by atoms with Crippen LogP contribution in [0.1, 0.15) is 6.92 Å². The van der Waals surface area contributed by atoms with Crippen molar-refractivity contribution in [1.82, 2.24) is 0 Å². The molecule has 0 aliphatic rings. The van der Waals surface area contributed by atoms with Crippen molar-refractivity contribution in [3.05, 3.63) is 0 Å². The third-order valence-corrected chi connectivity index (χ3v) is 1.26. The van der Waals surface area contributed by atoms with Gasteiger partial charge in [-0.15, -0.1) is 0 Å². The average Bonchev–Trinajstić information content (AvgIpc) is 1.98. The van der Waals surface area contributed by atoms with Crippen LogP contribution in [0.25, 0.3) is 0 Å². The van der Waals surface area contributed by atoms with E-state index in [0.717, 1.165) is 6.92 Å². The van der Waals surface area contributed by atoms with Crippen LogP contribution in [0.3, 0.4) is 0 Å². The van der Waals surface area contributed by atoms with Crippen LogP contribution in [0, 0.1) is 5.92 Å². The van der Waals surface area contributed by atoms with Gasteiger partial charge in [-0.05, 0) is 0 Å². The van der Waals surface area contributed by atoms with E-state index in [1.807, 2.05) is 0 Å². The van der Waals surface area contributed by atoms with Crippen LogP contribution in [-0.2, 0) is 9.59 Å². The van der Waals surface area contributed by atoms with Crippen LogP contribution in [0.15, 0.2) is 0 Å². The monoisotopic (exact) mass is 184 g/mol. The van der Waals surface area contributed by atoms with Gasteiger partial charge in [-0.2, -0.15) is 13.2 Å². The molecule has 6 heteroatoms. The molecule has 2 atom stereocenters. The molecule has 0 bridgehead atoms. The lowest BCUT2D eigenvalue weighted by Gasteiger charge is -2.13. The molecular weight excluding hydrogens is 177 g/mol. The van der Waals surface area contributed by atoms with Crippen LogP contribution in [-0.4, -0.2) is 29.5 Å². The summed E-state index contributed by atoms with van der Waals surface area (Å²) in [6.07, 6.45) is -7.28. The number of hydrogen-bond donors (Lipinski definition) is 1. The van der Waals surface area contributed by atoms with Gasteiger partial charge in [0.2, 0.25) is 0 Å². The van der Waals surface area contributed by atoms with Crippen molar-refractivity contribution < 1.29 is 27.9 Å². The highest BCUT2D eigenvalue weighted by molar-refractivity contribution is 5.90. The summed E-state index contributed by atoms with van der Waals surface area (Å²) in [5.74, 6) is -3.62. The molecule has 1 N–H and O–H groups in total. The molecule has 0 rings (SSSR count). The van der Waals surface area contributed by atoms with Gasteiger partial charge in [-0.3, -0.25) is 4.79 Å². The van der Waals surface area contributed by atoms with E-state index in [4.69, 9.17) is 5.11 Å². The Balaban J connectivity index is 4.40. The Bertz CT molecular complexity index is 187. The Morgan fingerprint density at radius 1 is 1.50 bits per heavy atom. The number of aliphatic hydroxyl groups is 1. The molecule has 0 heterocycles. The Morgan fingerprint density at radius 3 is 2.17 bits per heavy atom. The Hall–Kier alpha value is -0.910. The predicted octanol–water partition coefficient (Wildman–Crippen LogP) is 0.314.